The lowest BCUT2D eigenvalue weighted by Crippen LogP contribution is -2.14. The zero-order valence-electron chi connectivity index (χ0n) is 9.81. The average Bonchev–Trinajstić information content (AvgIpc) is 2.29. The van der Waals surface area contributed by atoms with Crippen LogP contribution in [0.25, 0.3) is 0 Å². The van der Waals surface area contributed by atoms with Crippen molar-refractivity contribution in [2.24, 2.45) is 0 Å². The summed E-state index contributed by atoms with van der Waals surface area (Å²) in [6.07, 6.45) is 0.242. The summed E-state index contributed by atoms with van der Waals surface area (Å²) in [7, 11) is -3.24. The van der Waals surface area contributed by atoms with Gasteiger partial charge < -0.3 is 0 Å². The maximum atomic E-state index is 11.8. The van der Waals surface area contributed by atoms with Crippen LogP contribution in [0.3, 0.4) is 0 Å². The first-order valence-corrected chi connectivity index (χ1v) is 7.36. The summed E-state index contributed by atoms with van der Waals surface area (Å²) in [5, 5.41) is -0.446. The molecular formula is C12H15ClO3S. The van der Waals surface area contributed by atoms with Gasteiger partial charge in [-0.3, -0.25) is 4.79 Å². The Labute approximate surface area is 107 Å². The van der Waals surface area contributed by atoms with Crippen LogP contribution in [0.2, 0.25) is 0 Å². The highest BCUT2D eigenvalue weighted by molar-refractivity contribution is 7.92. The lowest BCUT2D eigenvalue weighted by atomic mass is 10.1. The van der Waals surface area contributed by atoms with E-state index < -0.39 is 15.1 Å². The summed E-state index contributed by atoms with van der Waals surface area (Å²) in [5.74, 6) is -0.0994. The van der Waals surface area contributed by atoms with Crippen LogP contribution in [0.1, 0.15) is 19.4 Å². The van der Waals surface area contributed by atoms with Crippen LogP contribution in [0.4, 0.5) is 0 Å². The van der Waals surface area contributed by atoms with Crippen molar-refractivity contribution in [1.82, 2.24) is 0 Å². The molecule has 0 heterocycles. The van der Waals surface area contributed by atoms with E-state index in [1.165, 1.54) is 12.1 Å². The first kappa shape index (κ1) is 14.2. The monoisotopic (exact) mass is 274 g/mol. The van der Waals surface area contributed by atoms with Crippen molar-refractivity contribution in [1.29, 1.82) is 0 Å². The fourth-order valence-corrected chi connectivity index (χ4v) is 2.50. The summed E-state index contributed by atoms with van der Waals surface area (Å²) >= 11 is 5.40. The van der Waals surface area contributed by atoms with Gasteiger partial charge in [0.15, 0.2) is 15.6 Å². The fraction of sp³-hybridized carbons (Fsp3) is 0.417. The molecule has 0 unspecified atom stereocenters. The highest BCUT2D eigenvalue weighted by Gasteiger charge is 2.18. The molecule has 5 heteroatoms. The Morgan fingerprint density at radius 1 is 1.24 bits per heavy atom. The number of Topliss-reactive ketones (excluding diaryl/α,β-unsaturated/α-hetero) is 1. The zero-order chi connectivity index (χ0) is 13.1. The van der Waals surface area contributed by atoms with E-state index in [4.69, 9.17) is 11.6 Å². The number of halogens is 1. The molecule has 0 saturated heterocycles. The van der Waals surface area contributed by atoms with Crippen molar-refractivity contribution in [2.75, 3.05) is 5.88 Å². The van der Waals surface area contributed by atoms with Crippen LogP contribution in [0.5, 0.6) is 0 Å². The number of hydrogen-bond donors (Lipinski definition) is 0. The number of sulfone groups is 1. The van der Waals surface area contributed by atoms with Crippen LogP contribution >= 0.6 is 11.6 Å². The van der Waals surface area contributed by atoms with Crippen molar-refractivity contribution in [3.8, 4) is 0 Å². The van der Waals surface area contributed by atoms with Crippen molar-refractivity contribution in [2.45, 2.75) is 30.4 Å². The third-order valence-electron chi connectivity index (χ3n) is 2.42. The molecule has 0 atom stereocenters. The number of ketones is 1. The Hall–Kier alpha value is -0.870. The molecule has 17 heavy (non-hydrogen) atoms. The number of benzene rings is 1. The van der Waals surface area contributed by atoms with Crippen LogP contribution in [0, 0.1) is 0 Å². The summed E-state index contributed by atoms with van der Waals surface area (Å²) < 4.78 is 23.7. The van der Waals surface area contributed by atoms with E-state index in [0.717, 1.165) is 5.56 Å². The molecule has 0 aliphatic carbocycles. The standard InChI is InChI=1S/C12H15ClO3S/c1-9(2)17(15,16)12-5-3-10(4-6-12)7-11(14)8-13/h3-6,9H,7-8H2,1-2H3. The molecule has 3 nitrogen and oxygen atoms in total. The summed E-state index contributed by atoms with van der Waals surface area (Å²) in [5.41, 5.74) is 0.776. The molecule has 1 rings (SSSR count). The highest BCUT2D eigenvalue weighted by atomic mass is 35.5. The van der Waals surface area contributed by atoms with Crippen LogP contribution in [0.15, 0.2) is 29.2 Å². The maximum absolute atomic E-state index is 11.8. The Balaban J connectivity index is 2.93. The SMILES string of the molecule is CC(C)S(=O)(=O)c1ccc(CC(=O)CCl)cc1. The molecule has 0 aromatic heterocycles. The quantitative estimate of drug-likeness (QED) is 0.774. The largest absolute Gasteiger partial charge is 0.298 e. The molecule has 0 radical (unpaired) electrons. The van der Waals surface area contributed by atoms with Gasteiger partial charge in [0, 0.05) is 6.42 Å². The molecule has 0 spiro atoms. The maximum Gasteiger partial charge on any atom is 0.180 e. The van der Waals surface area contributed by atoms with Gasteiger partial charge in [-0.15, -0.1) is 11.6 Å². The van der Waals surface area contributed by atoms with Gasteiger partial charge in [-0.25, -0.2) is 8.42 Å². The number of alkyl halides is 1. The topological polar surface area (TPSA) is 51.2 Å². The van der Waals surface area contributed by atoms with E-state index in [0.29, 0.717) is 0 Å². The van der Waals surface area contributed by atoms with E-state index in [1.807, 2.05) is 0 Å². The Kier molecular flexibility index (Phi) is 4.71. The predicted molar refractivity (Wildman–Crippen MR) is 68.2 cm³/mol. The Morgan fingerprint density at radius 3 is 2.18 bits per heavy atom. The molecule has 0 bridgehead atoms. The van der Waals surface area contributed by atoms with Crippen LogP contribution < -0.4 is 0 Å². The molecule has 0 saturated carbocycles. The average molecular weight is 275 g/mol. The van der Waals surface area contributed by atoms with Gasteiger partial charge in [0.2, 0.25) is 0 Å². The van der Waals surface area contributed by atoms with Crippen molar-refractivity contribution >= 4 is 27.2 Å². The Bertz CT molecular complexity index is 489. The van der Waals surface area contributed by atoms with Gasteiger partial charge in [0.25, 0.3) is 0 Å². The first-order valence-electron chi connectivity index (χ1n) is 5.28. The van der Waals surface area contributed by atoms with Gasteiger partial charge >= 0.3 is 0 Å². The van der Waals surface area contributed by atoms with Crippen molar-refractivity contribution < 1.29 is 13.2 Å². The fourth-order valence-electron chi connectivity index (χ4n) is 1.34. The molecule has 0 N–H and O–H groups in total. The van der Waals surface area contributed by atoms with E-state index in [2.05, 4.69) is 0 Å². The molecule has 1 aromatic carbocycles. The number of carbonyl (C=O) groups excluding carboxylic acids is 1. The van der Waals surface area contributed by atoms with E-state index >= 15 is 0 Å². The summed E-state index contributed by atoms with van der Waals surface area (Å²) in [6.45, 7) is 3.28. The lowest BCUT2D eigenvalue weighted by molar-refractivity contribution is -0.116. The van der Waals surface area contributed by atoms with Crippen molar-refractivity contribution in [3.05, 3.63) is 29.8 Å². The van der Waals surface area contributed by atoms with Crippen molar-refractivity contribution in [3.63, 3.8) is 0 Å². The normalized spacial score (nSPS) is 11.8. The zero-order valence-corrected chi connectivity index (χ0v) is 11.4. The molecular weight excluding hydrogens is 260 g/mol. The molecule has 1 aromatic rings. The first-order chi connectivity index (χ1) is 7.87. The minimum atomic E-state index is -3.24. The Morgan fingerprint density at radius 2 is 1.76 bits per heavy atom. The second-order valence-corrected chi connectivity index (χ2v) is 6.86. The second-order valence-electron chi connectivity index (χ2n) is 4.09. The van der Waals surface area contributed by atoms with Gasteiger partial charge in [0.1, 0.15) is 0 Å². The molecule has 0 aliphatic rings. The lowest BCUT2D eigenvalue weighted by Gasteiger charge is -2.08. The van der Waals surface area contributed by atoms with Crippen LogP contribution in [-0.4, -0.2) is 25.3 Å². The molecule has 0 amide bonds. The van der Waals surface area contributed by atoms with E-state index in [9.17, 15) is 13.2 Å². The number of carbonyl (C=O) groups is 1. The highest BCUT2D eigenvalue weighted by Crippen LogP contribution is 2.16. The van der Waals surface area contributed by atoms with E-state index in [1.54, 1.807) is 26.0 Å². The smallest absolute Gasteiger partial charge is 0.180 e. The number of rotatable bonds is 5. The van der Waals surface area contributed by atoms with E-state index in [-0.39, 0.29) is 23.0 Å². The predicted octanol–water partition coefficient (Wildman–Crippen LogP) is 2.22. The van der Waals surface area contributed by atoms with Gasteiger partial charge in [0.05, 0.1) is 16.0 Å². The third-order valence-corrected chi connectivity index (χ3v) is 4.89. The second kappa shape index (κ2) is 5.65. The minimum Gasteiger partial charge on any atom is -0.298 e. The summed E-state index contributed by atoms with van der Waals surface area (Å²) in [6, 6.07) is 6.37. The van der Waals surface area contributed by atoms with Gasteiger partial charge in [-0.1, -0.05) is 12.1 Å². The van der Waals surface area contributed by atoms with Crippen LogP contribution in [-0.2, 0) is 21.1 Å². The summed E-state index contributed by atoms with van der Waals surface area (Å²) in [4.78, 5) is 11.4. The third kappa shape index (κ3) is 3.54. The number of hydrogen-bond acceptors (Lipinski definition) is 3. The minimum absolute atomic E-state index is 0.0218. The van der Waals surface area contributed by atoms with Gasteiger partial charge in [-0.2, -0.15) is 0 Å². The molecule has 0 aliphatic heterocycles. The molecule has 0 fully saturated rings. The van der Waals surface area contributed by atoms with Gasteiger partial charge in [-0.05, 0) is 31.5 Å². The molecule has 94 valence electrons.